The quantitative estimate of drug-likeness (QED) is 0.483. The lowest BCUT2D eigenvalue weighted by molar-refractivity contribution is -0.385. The number of fused-ring (bicyclic) bond motifs is 2. The molecule has 10 nitrogen and oxygen atoms in total. The SMILES string of the molecule is O=C(Cc1ccc2c(c1)OCO2)N/N=C\c1cc2c(cc1[N+](=O)[O-])OCO2. The van der Waals surface area contributed by atoms with Gasteiger partial charge in [0.1, 0.15) is 0 Å². The lowest BCUT2D eigenvalue weighted by atomic mass is 10.1. The van der Waals surface area contributed by atoms with E-state index in [0.717, 1.165) is 5.56 Å². The normalized spacial score (nSPS) is 13.8. The summed E-state index contributed by atoms with van der Waals surface area (Å²) in [5.74, 6) is 1.51. The summed E-state index contributed by atoms with van der Waals surface area (Å²) in [5.41, 5.74) is 3.05. The Balaban J connectivity index is 1.43. The number of rotatable bonds is 5. The van der Waals surface area contributed by atoms with E-state index in [4.69, 9.17) is 18.9 Å². The minimum atomic E-state index is -0.558. The average Bonchev–Trinajstić information content (AvgIpc) is 3.28. The second-order valence-corrected chi connectivity index (χ2v) is 5.68. The van der Waals surface area contributed by atoms with Crippen molar-refractivity contribution in [2.24, 2.45) is 5.10 Å². The largest absolute Gasteiger partial charge is 0.454 e. The van der Waals surface area contributed by atoms with Crippen LogP contribution in [-0.2, 0) is 11.2 Å². The Morgan fingerprint density at radius 2 is 1.74 bits per heavy atom. The molecule has 138 valence electrons. The minimum absolute atomic E-state index is 0.000643. The van der Waals surface area contributed by atoms with E-state index in [-0.39, 0.29) is 37.2 Å². The molecule has 1 N–H and O–H groups in total. The molecule has 27 heavy (non-hydrogen) atoms. The van der Waals surface area contributed by atoms with Gasteiger partial charge < -0.3 is 18.9 Å². The number of nitrogens with one attached hydrogen (secondary N) is 1. The first-order chi connectivity index (χ1) is 13.1. The molecule has 0 bridgehead atoms. The van der Waals surface area contributed by atoms with Crippen molar-refractivity contribution >= 4 is 17.8 Å². The molecule has 2 aromatic rings. The molecule has 10 heteroatoms. The monoisotopic (exact) mass is 371 g/mol. The molecular weight excluding hydrogens is 358 g/mol. The van der Waals surface area contributed by atoms with Gasteiger partial charge in [0.2, 0.25) is 19.5 Å². The number of nitro groups is 1. The third kappa shape index (κ3) is 3.45. The van der Waals surface area contributed by atoms with E-state index in [9.17, 15) is 14.9 Å². The van der Waals surface area contributed by atoms with Crippen LogP contribution in [0, 0.1) is 10.1 Å². The third-order valence-corrected chi connectivity index (χ3v) is 3.91. The predicted molar refractivity (Wildman–Crippen MR) is 91.2 cm³/mol. The summed E-state index contributed by atoms with van der Waals surface area (Å²) in [7, 11) is 0. The molecule has 0 saturated heterocycles. The predicted octanol–water partition coefficient (Wildman–Crippen LogP) is 1.75. The fourth-order valence-corrected chi connectivity index (χ4v) is 2.66. The minimum Gasteiger partial charge on any atom is -0.454 e. The lowest BCUT2D eigenvalue weighted by Crippen LogP contribution is -2.19. The van der Waals surface area contributed by atoms with E-state index in [2.05, 4.69) is 10.5 Å². The van der Waals surface area contributed by atoms with Gasteiger partial charge in [0, 0.05) is 0 Å². The molecule has 2 heterocycles. The number of nitrogens with zero attached hydrogens (tertiary/aromatic N) is 2. The molecule has 4 rings (SSSR count). The van der Waals surface area contributed by atoms with Crippen molar-refractivity contribution in [2.45, 2.75) is 6.42 Å². The molecule has 0 radical (unpaired) electrons. The second kappa shape index (κ2) is 6.83. The fraction of sp³-hybridized carbons (Fsp3) is 0.176. The fourth-order valence-electron chi connectivity index (χ4n) is 2.66. The van der Waals surface area contributed by atoms with Crippen LogP contribution >= 0.6 is 0 Å². The van der Waals surface area contributed by atoms with Crippen LogP contribution in [0.4, 0.5) is 5.69 Å². The van der Waals surface area contributed by atoms with Crippen LogP contribution in [0.2, 0.25) is 0 Å². The third-order valence-electron chi connectivity index (χ3n) is 3.91. The van der Waals surface area contributed by atoms with E-state index in [1.165, 1.54) is 18.3 Å². The standard InChI is InChI=1S/C17H13N3O7/c21-17(4-10-1-2-13-14(3-10)25-8-24-13)19-18-7-11-5-15-16(27-9-26-15)6-12(11)20(22)23/h1-3,5-7H,4,8-9H2,(H,19,21)/b18-7-. The van der Waals surface area contributed by atoms with Gasteiger partial charge >= 0.3 is 0 Å². The maximum Gasteiger partial charge on any atom is 0.282 e. The Morgan fingerprint density at radius 3 is 2.48 bits per heavy atom. The van der Waals surface area contributed by atoms with Crippen LogP contribution in [0.1, 0.15) is 11.1 Å². The van der Waals surface area contributed by atoms with Gasteiger partial charge in [-0.15, -0.1) is 0 Å². The van der Waals surface area contributed by atoms with Gasteiger partial charge in [-0.1, -0.05) is 6.07 Å². The van der Waals surface area contributed by atoms with Gasteiger partial charge in [0.15, 0.2) is 23.0 Å². The molecule has 0 unspecified atom stereocenters. The van der Waals surface area contributed by atoms with Crippen molar-refractivity contribution in [3.63, 3.8) is 0 Å². The van der Waals surface area contributed by atoms with E-state index < -0.39 is 4.92 Å². The molecule has 0 aromatic heterocycles. The van der Waals surface area contributed by atoms with Crippen molar-refractivity contribution in [3.05, 3.63) is 51.6 Å². The van der Waals surface area contributed by atoms with E-state index in [1.54, 1.807) is 18.2 Å². The summed E-state index contributed by atoms with van der Waals surface area (Å²) < 4.78 is 20.8. The van der Waals surface area contributed by atoms with Gasteiger partial charge in [-0.3, -0.25) is 14.9 Å². The van der Waals surface area contributed by atoms with Gasteiger partial charge in [-0.2, -0.15) is 5.10 Å². The molecule has 0 fully saturated rings. The molecule has 2 aliphatic heterocycles. The molecule has 0 aliphatic carbocycles. The first-order valence-corrected chi connectivity index (χ1v) is 7.88. The zero-order valence-electron chi connectivity index (χ0n) is 13.8. The smallest absolute Gasteiger partial charge is 0.282 e. The Labute approximate surface area is 152 Å². The maximum atomic E-state index is 12.0. The van der Waals surface area contributed by atoms with Gasteiger partial charge in [-0.05, 0) is 23.8 Å². The molecule has 0 atom stereocenters. The van der Waals surface area contributed by atoms with Crippen molar-refractivity contribution in [1.29, 1.82) is 0 Å². The zero-order valence-corrected chi connectivity index (χ0v) is 13.8. The van der Waals surface area contributed by atoms with Crippen LogP contribution in [0.25, 0.3) is 0 Å². The molecule has 0 spiro atoms. The molecular formula is C17H13N3O7. The Bertz CT molecular complexity index is 958. The number of ether oxygens (including phenoxy) is 4. The summed E-state index contributed by atoms with van der Waals surface area (Å²) in [4.78, 5) is 22.7. The Kier molecular flexibility index (Phi) is 4.21. The van der Waals surface area contributed by atoms with Crippen molar-refractivity contribution in [3.8, 4) is 23.0 Å². The summed E-state index contributed by atoms with van der Waals surface area (Å²) in [6, 6.07) is 7.89. The van der Waals surface area contributed by atoms with Crippen molar-refractivity contribution < 1.29 is 28.7 Å². The number of amides is 1. The zero-order chi connectivity index (χ0) is 18.8. The maximum absolute atomic E-state index is 12.0. The topological polar surface area (TPSA) is 122 Å². The highest BCUT2D eigenvalue weighted by Crippen LogP contribution is 2.37. The van der Waals surface area contributed by atoms with Crippen LogP contribution in [0.3, 0.4) is 0 Å². The average molecular weight is 371 g/mol. The number of carbonyl (C=O) groups is 1. The second-order valence-electron chi connectivity index (χ2n) is 5.68. The summed E-state index contributed by atoms with van der Waals surface area (Å²) in [5, 5.41) is 15.0. The summed E-state index contributed by atoms with van der Waals surface area (Å²) >= 11 is 0. The van der Waals surface area contributed by atoms with Crippen LogP contribution in [0.15, 0.2) is 35.4 Å². The van der Waals surface area contributed by atoms with Gasteiger partial charge in [0.05, 0.1) is 29.2 Å². The van der Waals surface area contributed by atoms with Crippen molar-refractivity contribution in [1.82, 2.24) is 5.43 Å². The van der Waals surface area contributed by atoms with Crippen molar-refractivity contribution in [2.75, 3.05) is 13.6 Å². The number of hydrogen-bond acceptors (Lipinski definition) is 8. The van der Waals surface area contributed by atoms with E-state index in [1.807, 2.05) is 0 Å². The first-order valence-electron chi connectivity index (χ1n) is 7.88. The summed E-state index contributed by atoms with van der Waals surface area (Å²) in [6.07, 6.45) is 1.26. The highest BCUT2D eigenvalue weighted by Gasteiger charge is 2.22. The van der Waals surface area contributed by atoms with Crippen LogP contribution in [0.5, 0.6) is 23.0 Å². The Morgan fingerprint density at radius 1 is 1.07 bits per heavy atom. The first kappa shape index (κ1) is 16.6. The molecule has 1 amide bonds. The Hall–Kier alpha value is -3.82. The van der Waals surface area contributed by atoms with Gasteiger partial charge in [-0.25, -0.2) is 5.43 Å². The molecule has 2 aromatic carbocycles. The summed E-state index contributed by atoms with van der Waals surface area (Å²) in [6.45, 7) is 0.156. The van der Waals surface area contributed by atoms with E-state index in [0.29, 0.717) is 23.0 Å². The number of hydrazone groups is 1. The highest BCUT2D eigenvalue weighted by molar-refractivity contribution is 5.88. The number of nitro benzene ring substituents is 1. The van der Waals surface area contributed by atoms with Crippen LogP contribution < -0.4 is 24.4 Å². The molecule has 2 aliphatic rings. The van der Waals surface area contributed by atoms with Gasteiger partial charge in [0.25, 0.3) is 5.69 Å². The highest BCUT2D eigenvalue weighted by atomic mass is 16.7. The van der Waals surface area contributed by atoms with E-state index >= 15 is 0 Å². The number of hydrogen-bond donors (Lipinski definition) is 1. The molecule has 0 saturated carbocycles. The number of benzene rings is 2. The number of carbonyl (C=O) groups excluding carboxylic acids is 1. The van der Waals surface area contributed by atoms with Crippen LogP contribution in [-0.4, -0.2) is 30.6 Å². The lowest BCUT2D eigenvalue weighted by Gasteiger charge is -2.03.